The zero-order valence-electron chi connectivity index (χ0n) is 11.0. The summed E-state index contributed by atoms with van der Waals surface area (Å²) >= 11 is 0. The Hall–Kier alpha value is -3.45. The van der Waals surface area contributed by atoms with Gasteiger partial charge in [-0.25, -0.2) is 9.97 Å². The number of imidazole rings is 1. The highest BCUT2D eigenvalue weighted by molar-refractivity contribution is 5.88. The van der Waals surface area contributed by atoms with Crippen LogP contribution < -0.4 is 5.73 Å². The summed E-state index contributed by atoms with van der Waals surface area (Å²) in [4.78, 5) is 15.6. The monoisotopic (exact) mass is 275 g/mol. The number of hydrogen-bond acceptors (Lipinski definition) is 6. The summed E-state index contributed by atoms with van der Waals surface area (Å²) in [6, 6.07) is 8.88. The Morgan fingerprint density at radius 2 is 1.71 bits per heavy atom. The summed E-state index contributed by atoms with van der Waals surface area (Å²) in [7, 11) is 0. The molecule has 3 aromatic rings. The number of nitrogens with one attached hydrogen (secondary N) is 1. The van der Waals surface area contributed by atoms with Crippen molar-refractivity contribution < 1.29 is 0 Å². The number of nitrogens with two attached hydrogens (primary N) is 1. The molecule has 1 aromatic carbocycles. The van der Waals surface area contributed by atoms with Gasteiger partial charge in [-0.1, -0.05) is 0 Å². The normalized spacial score (nSPS) is 10.2. The molecule has 0 aliphatic heterocycles. The smallest absolute Gasteiger partial charge is 0.222 e. The first-order valence-electron chi connectivity index (χ1n) is 6.06. The lowest BCUT2D eigenvalue weighted by Crippen LogP contribution is -1.98. The van der Waals surface area contributed by atoms with Gasteiger partial charge in [-0.3, -0.25) is 0 Å². The molecule has 0 amide bonds. The number of nitriles is 2. The van der Waals surface area contributed by atoms with E-state index in [-0.39, 0.29) is 5.95 Å². The first kappa shape index (κ1) is 12.6. The Kier molecular flexibility index (Phi) is 2.74. The Morgan fingerprint density at radius 3 is 2.33 bits per heavy atom. The molecule has 0 aliphatic rings. The number of hydrogen-bond donors (Lipinski definition) is 2. The van der Waals surface area contributed by atoms with Crippen molar-refractivity contribution in [1.82, 2.24) is 19.9 Å². The molecule has 2 heterocycles. The highest BCUT2D eigenvalue weighted by Gasteiger charge is 2.13. The standard InChI is InChI=1S/C14H9N7/c1-7-18-12-11(20-14(17)21-13(12)19-7)10-3-8(5-15)2-9(4-10)6-16/h2-4H,1H3,(H3,17,18,19,20,21). The SMILES string of the molecule is Cc1nc2nc(N)nc(-c3cc(C#N)cc(C#N)c3)c2[nH]1. The number of anilines is 1. The molecule has 0 atom stereocenters. The van der Waals surface area contributed by atoms with Crippen molar-refractivity contribution in [3.05, 3.63) is 35.2 Å². The van der Waals surface area contributed by atoms with Crippen LogP contribution in [0, 0.1) is 29.6 Å². The lowest BCUT2D eigenvalue weighted by Gasteiger charge is -2.04. The van der Waals surface area contributed by atoms with Gasteiger partial charge in [0.2, 0.25) is 5.95 Å². The number of H-pyrrole nitrogens is 1. The maximum absolute atomic E-state index is 9.06. The van der Waals surface area contributed by atoms with Gasteiger partial charge in [-0.15, -0.1) is 0 Å². The molecular formula is C14H9N7. The van der Waals surface area contributed by atoms with Crippen LogP contribution in [-0.2, 0) is 0 Å². The van der Waals surface area contributed by atoms with Crippen LogP contribution in [0.1, 0.15) is 17.0 Å². The number of aromatic amines is 1. The number of fused-ring (bicyclic) bond motifs is 1. The minimum atomic E-state index is 0.0878. The van der Waals surface area contributed by atoms with Crippen LogP contribution in [0.5, 0.6) is 0 Å². The van der Waals surface area contributed by atoms with Crippen molar-refractivity contribution in [3.8, 4) is 23.4 Å². The van der Waals surface area contributed by atoms with Gasteiger partial charge in [0.1, 0.15) is 17.0 Å². The van der Waals surface area contributed by atoms with E-state index in [1.54, 1.807) is 19.1 Å². The second kappa shape index (κ2) is 4.58. The topological polar surface area (TPSA) is 128 Å². The molecular weight excluding hydrogens is 266 g/mol. The summed E-state index contributed by atoms with van der Waals surface area (Å²) in [6.45, 7) is 1.80. The zero-order chi connectivity index (χ0) is 15.0. The van der Waals surface area contributed by atoms with Gasteiger partial charge >= 0.3 is 0 Å². The first-order valence-corrected chi connectivity index (χ1v) is 6.06. The zero-order valence-corrected chi connectivity index (χ0v) is 11.0. The molecule has 0 fully saturated rings. The largest absolute Gasteiger partial charge is 0.368 e. The van der Waals surface area contributed by atoms with Crippen molar-refractivity contribution in [2.75, 3.05) is 5.73 Å². The Labute approximate surface area is 119 Å². The van der Waals surface area contributed by atoms with Crippen LogP contribution in [0.3, 0.4) is 0 Å². The fourth-order valence-corrected chi connectivity index (χ4v) is 2.13. The van der Waals surface area contributed by atoms with Crippen molar-refractivity contribution in [3.63, 3.8) is 0 Å². The lowest BCUT2D eigenvalue weighted by molar-refractivity contribution is 1.16. The predicted octanol–water partition coefficient (Wildman–Crippen LogP) is 1.65. The van der Waals surface area contributed by atoms with Crippen LogP contribution >= 0.6 is 0 Å². The van der Waals surface area contributed by atoms with E-state index in [4.69, 9.17) is 16.3 Å². The Morgan fingerprint density at radius 1 is 1.05 bits per heavy atom. The quantitative estimate of drug-likeness (QED) is 0.694. The third-order valence-corrected chi connectivity index (χ3v) is 2.95. The maximum atomic E-state index is 9.06. The number of aryl methyl sites for hydroxylation is 1. The van der Waals surface area contributed by atoms with Crippen LogP contribution in [0.4, 0.5) is 5.95 Å². The molecule has 3 N–H and O–H groups in total. The maximum Gasteiger partial charge on any atom is 0.222 e. The van der Waals surface area contributed by atoms with Crippen molar-refractivity contribution in [2.24, 2.45) is 0 Å². The van der Waals surface area contributed by atoms with E-state index in [0.29, 0.717) is 39.4 Å². The minimum Gasteiger partial charge on any atom is -0.368 e. The van der Waals surface area contributed by atoms with Gasteiger partial charge in [-0.2, -0.15) is 15.5 Å². The van der Waals surface area contributed by atoms with Gasteiger partial charge < -0.3 is 10.7 Å². The van der Waals surface area contributed by atoms with Crippen LogP contribution in [0.25, 0.3) is 22.4 Å². The molecule has 0 spiro atoms. The van der Waals surface area contributed by atoms with Crippen molar-refractivity contribution in [2.45, 2.75) is 6.92 Å². The predicted molar refractivity (Wildman–Crippen MR) is 75.7 cm³/mol. The molecule has 21 heavy (non-hydrogen) atoms. The van der Waals surface area contributed by atoms with Gasteiger partial charge in [-0.05, 0) is 25.1 Å². The fourth-order valence-electron chi connectivity index (χ4n) is 2.13. The molecule has 3 rings (SSSR count). The summed E-state index contributed by atoms with van der Waals surface area (Å²) in [5.74, 6) is 0.771. The third-order valence-electron chi connectivity index (χ3n) is 2.95. The highest BCUT2D eigenvalue weighted by Crippen LogP contribution is 2.27. The van der Waals surface area contributed by atoms with Crippen molar-refractivity contribution in [1.29, 1.82) is 10.5 Å². The molecule has 100 valence electrons. The summed E-state index contributed by atoms with van der Waals surface area (Å²) in [6.07, 6.45) is 0. The van der Waals surface area contributed by atoms with E-state index in [1.165, 1.54) is 6.07 Å². The molecule has 0 aliphatic carbocycles. The van der Waals surface area contributed by atoms with E-state index >= 15 is 0 Å². The molecule has 0 saturated heterocycles. The second-order valence-electron chi connectivity index (χ2n) is 4.47. The van der Waals surface area contributed by atoms with Crippen LogP contribution in [0.15, 0.2) is 18.2 Å². The Bertz CT molecular complexity index is 908. The molecule has 7 heteroatoms. The molecule has 0 unspecified atom stereocenters. The molecule has 0 saturated carbocycles. The summed E-state index contributed by atoms with van der Waals surface area (Å²) < 4.78 is 0. The molecule has 7 nitrogen and oxygen atoms in total. The average Bonchev–Trinajstić information content (AvgIpc) is 2.85. The minimum absolute atomic E-state index is 0.0878. The molecule has 2 aromatic heterocycles. The van der Waals surface area contributed by atoms with E-state index in [1.807, 2.05) is 12.1 Å². The van der Waals surface area contributed by atoms with E-state index in [2.05, 4.69) is 19.9 Å². The average molecular weight is 275 g/mol. The first-order chi connectivity index (χ1) is 10.1. The molecule has 0 radical (unpaired) electrons. The van der Waals surface area contributed by atoms with Gasteiger partial charge in [0.05, 0.1) is 23.3 Å². The fraction of sp³-hybridized carbons (Fsp3) is 0.0714. The summed E-state index contributed by atoms with van der Waals surface area (Å²) in [5, 5.41) is 18.1. The van der Waals surface area contributed by atoms with Gasteiger partial charge in [0, 0.05) is 5.56 Å². The highest BCUT2D eigenvalue weighted by atomic mass is 15.1. The lowest BCUT2D eigenvalue weighted by atomic mass is 10.0. The molecule has 0 bridgehead atoms. The van der Waals surface area contributed by atoms with Crippen LogP contribution in [0.2, 0.25) is 0 Å². The van der Waals surface area contributed by atoms with Gasteiger partial charge in [0.25, 0.3) is 0 Å². The van der Waals surface area contributed by atoms with E-state index < -0.39 is 0 Å². The number of nitrogens with zero attached hydrogens (tertiary/aromatic N) is 5. The Balaban J connectivity index is 2.35. The second-order valence-corrected chi connectivity index (χ2v) is 4.47. The van der Waals surface area contributed by atoms with E-state index in [9.17, 15) is 0 Å². The van der Waals surface area contributed by atoms with Crippen LogP contribution in [-0.4, -0.2) is 19.9 Å². The number of rotatable bonds is 1. The summed E-state index contributed by atoms with van der Waals surface area (Å²) in [5.41, 5.74) is 8.69. The number of aromatic nitrogens is 4. The third kappa shape index (κ3) is 2.13. The van der Waals surface area contributed by atoms with Gasteiger partial charge in [0.15, 0.2) is 5.65 Å². The number of nitrogen functional groups attached to an aromatic ring is 1. The van der Waals surface area contributed by atoms with Crippen molar-refractivity contribution >= 4 is 17.1 Å². The van der Waals surface area contributed by atoms with E-state index in [0.717, 1.165) is 0 Å². The number of benzene rings is 1.